The molecule has 1 heterocycles. The van der Waals surface area contributed by atoms with Gasteiger partial charge in [-0.2, -0.15) is 0 Å². The van der Waals surface area contributed by atoms with Crippen molar-refractivity contribution in [3.8, 4) is 0 Å². The van der Waals surface area contributed by atoms with Crippen LogP contribution in [0.25, 0.3) is 0 Å². The van der Waals surface area contributed by atoms with Crippen molar-refractivity contribution in [1.29, 1.82) is 0 Å². The third kappa shape index (κ3) is 2.69. The van der Waals surface area contributed by atoms with E-state index in [-0.39, 0.29) is 11.9 Å². The molecule has 2 aliphatic rings. The van der Waals surface area contributed by atoms with Gasteiger partial charge in [0.05, 0.1) is 13.2 Å². The number of hydrogen-bond acceptors (Lipinski definition) is 3. The third-order valence-electron chi connectivity index (χ3n) is 3.38. The average Bonchev–Trinajstić information content (AvgIpc) is 2.94. The first-order valence-electron chi connectivity index (χ1n) is 5.74. The molecule has 0 aromatic heterocycles. The smallest absolute Gasteiger partial charge is 0.241 e. The molecule has 0 aromatic rings. The number of carbonyl (C=O) groups excluding carboxylic acids is 1. The molecule has 4 heteroatoms. The fourth-order valence-corrected chi connectivity index (χ4v) is 2.09. The lowest BCUT2D eigenvalue weighted by molar-refractivity contribution is -0.135. The predicted octanol–water partition coefficient (Wildman–Crippen LogP) is 0.0892. The van der Waals surface area contributed by atoms with Crippen LogP contribution in [0.2, 0.25) is 0 Å². The molecule has 1 amide bonds. The standard InChI is InChI=1S/C11H20N2O2/c1-8-5-9(8)6-13(2)11(14)10-7-15-4-3-12-10/h8-10,12H,3-7H2,1-2H3. The van der Waals surface area contributed by atoms with Gasteiger partial charge < -0.3 is 15.0 Å². The Morgan fingerprint density at radius 1 is 1.60 bits per heavy atom. The van der Waals surface area contributed by atoms with Crippen LogP contribution in [-0.2, 0) is 9.53 Å². The van der Waals surface area contributed by atoms with E-state index >= 15 is 0 Å². The average molecular weight is 212 g/mol. The maximum Gasteiger partial charge on any atom is 0.241 e. The molecule has 1 aliphatic carbocycles. The van der Waals surface area contributed by atoms with Gasteiger partial charge in [0.2, 0.25) is 5.91 Å². The summed E-state index contributed by atoms with van der Waals surface area (Å²) in [4.78, 5) is 13.8. The minimum absolute atomic E-state index is 0.127. The van der Waals surface area contributed by atoms with Crippen molar-refractivity contribution in [3.05, 3.63) is 0 Å². The van der Waals surface area contributed by atoms with Gasteiger partial charge in [-0.1, -0.05) is 6.92 Å². The van der Waals surface area contributed by atoms with Gasteiger partial charge in [-0.05, 0) is 18.3 Å². The summed E-state index contributed by atoms with van der Waals surface area (Å²) in [7, 11) is 1.89. The molecule has 1 saturated heterocycles. The molecule has 86 valence electrons. The van der Waals surface area contributed by atoms with Crippen molar-refractivity contribution in [2.24, 2.45) is 11.8 Å². The number of morpholine rings is 1. The van der Waals surface area contributed by atoms with Gasteiger partial charge >= 0.3 is 0 Å². The van der Waals surface area contributed by atoms with Crippen LogP contribution in [0.1, 0.15) is 13.3 Å². The number of ether oxygens (including phenoxy) is 1. The highest BCUT2D eigenvalue weighted by Gasteiger charge is 2.35. The van der Waals surface area contributed by atoms with Gasteiger partial charge in [-0.3, -0.25) is 4.79 Å². The largest absolute Gasteiger partial charge is 0.378 e. The van der Waals surface area contributed by atoms with Crippen molar-refractivity contribution in [1.82, 2.24) is 10.2 Å². The Hall–Kier alpha value is -0.610. The molecule has 0 bridgehead atoms. The highest BCUT2D eigenvalue weighted by molar-refractivity contribution is 5.81. The summed E-state index contributed by atoms with van der Waals surface area (Å²) >= 11 is 0. The molecular formula is C11H20N2O2. The fourth-order valence-electron chi connectivity index (χ4n) is 2.09. The first kappa shape index (κ1) is 10.9. The van der Waals surface area contributed by atoms with Gasteiger partial charge in [-0.25, -0.2) is 0 Å². The highest BCUT2D eigenvalue weighted by Crippen LogP contribution is 2.37. The Labute approximate surface area is 91.0 Å². The second kappa shape index (κ2) is 4.49. The van der Waals surface area contributed by atoms with Gasteiger partial charge in [0.25, 0.3) is 0 Å². The summed E-state index contributed by atoms with van der Waals surface area (Å²) in [6.45, 7) is 5.16. The Bertz CT molecular complexity index is 239. The molecule has 15 heavy (non-hydrogen) atoms. The van der Waals surface area contributed by atoms with Gasteiger partial charge in [-0.15, -0.1) is 0 Å². The number of amides is 1. The number of hydrogen-bond donors (Lipinski definition) is 1. The Kier molecular flexibility index (Phi) is 3.26. The summed E-state index contributed by atoms with van der Waals surface area (Å²) in [5.74, 6) is 1.70. The Morgan fingerprint density at radius 2 is 2.33 bits per heavy atom. The van der Waals surface area contributed by atoms with Crippen molar-refractivity contribution < 1.29 is 9.53 Å². The number of rotatable bonds is 3. The van der Waals surface area contributed by atoms with Crippen molar-refractivity contribution in [2.45, 2.75) is 19.4 Å². The summed E-state index contributed by atoms with van der Waals surface area (Å²) < 4.78 is 5.29. The number of nitrogens with zero attached hydrogens (tertiary/aromatic N) is 1. The third-order valence-corrected chi connectivity index (χ3v) is 3.38. The number of nitrogens with one attached hydrogen (secondary N) is 1. The topological polar surface area (TPSA) is 41.6 Å². The van der Waals surface area contributed by atoms with Crippen molar-refractivity contribution in [3.63, 3.8) is 0 Å². The van der Waals surface area contributed by atoms with Crippen molar-refractivity contribution >= 4 is 5.91 Å². The molecule has 3 unspecified atom stereocenters. The van der Waals surface area contributed by atoms with Crippen molar-refractivity contribution in [2.75, 3.05) is 33.4 Å². The molecular weight excluding hydrogens is 192 g/mol. The van der Waals surface area contributed by atoms with E-state index in [1.807, 2.05) is 11.9 Å². The van der Waals surface area contributed by atoms with Crippen LogP contribution >= 0.6 is 0 Å². The zero-order valence-corrected chi connectivity index (χ0v) is 9.53. The first-order chi connectivity index (χ1) is 7.18. The number of carbonyl (C=O) groups is 1. The monoisotopic (exact) mass is 212 g/mol. The lowest BCUT2D eigenvalue weighted by Gasteiger charge is -2.27. The van der Waals surface area contributed by atoms with Crippen LogP contribution in [0.3, 0.4) is 0 Å². The molecule has 0 radical (unpaired) electrons. The van der Waals surface area contributed by atoms with Crippen LogP contribution < -0.4 is 5.32 Å². The summed E-state index contributed by atoms with van der Waals surface area (Å²) in [6.07, 6.45) is 1.27. The van der Waals surface area contributed by atoms with E-state index in [1.54, 1.807) is 0 Å². The molecule has 1 aliphatic heterocycles. The maximum absolute atomic E-state index is 12.0. The molecule has 3 atom stereocenters. The van der Waals surface area contributed by atoms with Gasteiger partial charge in [0.1, 0.15) is 6.04 Å². The molecule has 2 rings (SSSR count). The van der Waals surface area contributed by atoms with Gasteiger partial charge in [0, 0.05) is 20.1 Å². The predicted molar refractivity (Wildman–Crippen MR) is 57.5 cm³/mol. The SMILES string of the molecule is CC1CC1CN(C)C(=O)C1COCCN1. The van der Waals surface area contributed by atoms with Crippen LogP contribution in [0, 0.1) is 11.8 Å². The molecule has 1 saturated carbocycles. The number of likely N-dealkylation sites (N-methyl/N-ethyl adjacent to an activating group) is 1. The summed E-state index contributed by atoms with van der Waals surface area (Å²) in [5.41, 5.74) is 0. The quantitative estimate of drug-likeness (QED) is 0.721. The van der Waals surface area contributed by atoms with E-state index in [0.29, 0.717) is 13.2 Å². The normalized spacial score (nSPS) is 34.9. The van der Waals surface area contributed by atoms with Crippen LogP contribution in [0.5, 0.6) is 0 Å². The van der Waals surface area contributed by atoms with Crippen LogP contribution in [0.4, 0.5) is 0 Å². The van der Waals surface area contributed by atoms with Gasteiger partial charge in [0.15, 0.2) is 0 Å². The van der Waals surface area contributed by atoms with E-state index in [2.05, 4.69) is 12.2 Å². The second-order valence-electron chi connectivity index (χ2n) is 4.77. The lowest BCUT2D eigenvalue weighted by atomic mass is 10.2. The maximum atomic E-state index is 12.0. The molecule has 0 aromatic carbocycles. The molecule has 4 nitrogen and oxygen atoms in total. The van der Waals surface area contributed by atoms with E-state index in [9.17, 15) is 4.79 Å². The summed E-state index contributed by atoms with van der Waals surface area (Å²) in [5, 5.41) is 3.19. The zero-order valence-electron chi connectivity index (χ0n) is 9.53. The van der Waals surface area contributed by atoms with Crippen LogP contribution in [-0.4, -0.2) is 50.2 Å². The minimum atomic E-state index is -0.127. The van der Waals surface area contributed by atoms with E-state index in [4.69, 9.17) is 4.74 Å². The highest BCUT2D eigenvalue weighted by atomic mass is 16.5. The van der Waals surface area contributed by atoms with Crippen LogP contribution in [0.15, 0.2) is 0 Å². The zero-order chi connectivity index (χ0) is 10.8. The molecule has 1 N–H and O–H groups in total. The van der Waals surface area contributed by atoms with E-state index < -0.39 is 0 Å². The summed E-state index contributed by atoms with van der Waals surface area (Å²) in [6, 6.07) is -0.127. The molecule has 2 fully saturated rings. The Balaban J connectivity index is 1.78. The molecule has 0 spiro atoms. The van der Waals surface area contributed by atoms with E-state index in [1.165, 1.54) is 6.42 Å². The minimum Gasteiger partial charge on any atom is -0.378 e. The first-order valence-corrected chi connectivity index (χ1v) is 5.74. The van der Waals surface area contributed by atoms with E-state index in [0.717, 1.165) is 24.9 Å². The lowest BCUT2D eigenvalue weighted by Crippen LogP contribution is -2.52. The second-order valence-corrected chi connectivity index (χ2v) is 4.77. The fraction of sp³-hybridized carbons (Fsp3) is 0.909. The Morgan fingerprint density at radius 3 is 2.87 bits per heavy atom.